The number of halogens is 1. The maximum Gasteiger partial charge on any atom is 0.398 e. The molecule has 0 amide bonds. The van der Waals surface area contributed by atoms with Crippen LogP contribution in [0, 0.1) is 10.1 Å². The monoisotopic (exact) mass is 190 g/mol. The fourth-order valence-corrected chi connectivity index (χ4v) is 0.706. The molecule has 0 aliphatic carbocycles. The summed E-state index contributed by atoms with van der Waals surface area (Å²) in [5.74, 6) is -0.241. The molecule has 9 heavy (non-hydrogen) atoms. The van der Waals surface area contributed by atoms with Crippen LogP contribution in [0.1, 0.15) is 0 Å². The molecule has 0 aromatic carbocycles. The van der Waals surface area contributed by atoms with E-state index in [-0.39, 0.29) is 10.4 Å². The lowest BCUT2D eigenvalue weighted by Gasteiger charge is -1.86. The lowest BCUT2D eigenvalue weighted by molar-refractivity contribution is -0.426. The van der Waals surface area contributed by atoms with E-state index in [4.69, 9.17) is 0 Å². The van der Waals surface area contributed by atoms with Gasteiger partial charge in [-0.05, 0) is 25.8 Å². The Labute approximate surface area is 58.7 Å². The molecule has 0 saturated carbocycles. The van der Waals surface area contributed by atoms with Crippen molar-refractivity contribution in [3.05, 3.63) is 20.5 Å². The summed E-state index contributed by atoms with van der Waals surface area (Å²) in [5, 5.41) is 13.5. The summed E-state index contributed by atoms with van der Waals surface area (Å²) < 4.78 is 0.174. The van der Waals surface area contributed by atoms with E-state index in [0.29, 0.717) is 0 Å². The maximum absolute atomic E-state index is 9.96. The van der Waals surface area contributed by atoms with Crippen molar-refractivity contribution in [1.29, 1.82) is 0 Å². The lowest BCUT2D eigenvalue weighted by atomic mass is 10.8. The van der Waals surface area contributed by atoms with Crippen molar-refractivity contribution in [3.8, 4) is 0 Å². The lowest BCUT2D eigenvalue weighted by Crippen LogP contribution is -1.96. The molecule has 1 rings (SSSR count). The summed E-state index contributed by atoms with van der Waals surface area (Å²) in [6.07, 6.45) is 1.13. The number of hydrogen-bond acceptors (Lipinski definition) is 3. The van der Waals surface area contributed by atoms with Gasteiger partial charge in [-0.25, -0.2) is 0 Å². The van der Waals surface area contributed by atoms with Gasteiger partial charge in [0.1, 0.15) is 0 Å². The molecule has 1 aliphatic heterocycles. The van der Waals surface area contributed by atoms with Gasteiger partial charge in [-0.3, -0.25) is 0 Å². The summed E-state index contributed by atoms with van der Waals surface area (Å²) in [7, 11) is 0. The number of rotatable bonds is 1. The molecule has 0 bridgehead atoms. The van der Waals surface area contributed by atoms with Crippen LogP contribution >= 0.6 is 15.9 Å². The van der Waals surface area contributed by atoms with E-state index in [0.717, 1.165) is 6.34 Å². The third kappa shape index (κ3) is 1.07. The smallest absolute Gasteiger partial charge is 0.358 e. The topological polar surface area (TPSA) is 69.6 Å². The molecule has 0 aromatic heterocycles. The van der Waals surface area contributed by atoms with Gasteiger partial charge in [-0.2, -0.15) is 5.32 Å². The first-order valence-corrected chi connectivity index (χ1v) is 2.78. The Morgan fingerprint density at radius 2 is 2.44 bits per heavy atom. The summed E-state index contributed by atoms with van der Waals surface area (Å²) >= 11 is 2.85. The SMILES string of the molecule is O=[N+]([O-])C1=C(Br)[N]C=N1. The summed E-state index contributed by atoms with van der Waals surface area (Å²) in [6, 6.07) is 0. The Balaban J connectivity index is 2.89. The minimum atomic E-state index is -0.600. The third-order valence-corrected chi connectivity index (χ3v) is 1.27. The molecule has 0 saturated heterocycles. The first-order valence-electron chi connectivity index (χ1n) is 1.99. The van der Waals surface area contributed by atoms with Gasteiger partial charge in [0, 0.05) is 0 Å². The molecule has 5 nitrogen and oxygen atoms in total. The van der Waals surface area contributed by atoms with Gasteiger partial charge in [0.05, 0.1) is 0 Å². The quantitative estimate of drug-likeness (QED) is 0.342. The Morgan fingerprint density at radius 1 is 1.78 bits per heavy atom. The van der Waals surface area contributed by atoms with Gasteiger partial charge in [0.15, 0.2) is 0 Å². The standard InChI is InChI=1S/C3HBrN3O2/c4-2-3(7(8)9)6-1-5-2/h1H. The first-order chi connectivity index (χ1) is 4.22. The van der Waals surface area contributed by atoms with Crippen molar-refractivity contribution in [2.24, 2.45) is 4.99 Å². The van der Waals surface area contributed by atoms with Gasteiger partial charge in [0.25, 0.3) is 0 Å². The second-order valence-corrected chi connectivity index (χ2v) is 2.00. The van der Waals surface area contributed by atoms with Crippen molar-refractivity contribution in [2.45, 2.75) is 0 Å². The summed E-state index contributed by atoms with van der Waals surface area (Å²) in [4.78, 5) is 12.7. The van der Waals surface area contributed by atoms with Crippen molar-refractivity contribution in [3.63, 3.8) is 0 Å². The minimum Gasteiger partial charge on any atom is -0.358 e. The Morgan fingerprint density at radius 3 is 2.67 bits per heavy atom. The van der Waals surface area contributed by atoms with E-state index in [1.807, 2.05) is 0 Å². The molecule has 0 atom stereocenters. The van der Waals surface area contributed by atoms with Crippen molar-refractivity contribution in [2.75, 3.05) is 0 Å². The van der Waals surface area contributed by atoms with Gasteiger partial charge >= 0.3 is 5.82 Å². The van der Waals surface area contributed by atoms with E-state index in [1.165, 1.54) is 0 Å². The second-order valence-electron chi connectivity index (χ2n) is 1.25. The van der Waals surface area contributed by atoms with Crippen molar-refractivity contribution >= 4 is 22.3 Å². The van der Waals surface area contributed by atoms with E-state index < -0.39 is 4.92 Å². The van der Waals surface area contributed by atoms with Crippen LogP contribution in [-0.2, 0) is 0 Å². The molecule has 0 unspecified atom stereocenters. The Kier molecular flexibility index (Phi) is 1.48. The average Bonchev–Trinajstić information content (AvgIpc) is 2.13. The van der Waals surface area contributed by atoms with Crippen molar-refractivity contribution in [1.82, 2.24) is 5.32 Å². The number of nitro groups is 1. The zero-order valence-electron chi connectivity index (χ0n) is 4.11. The number of hydrogen-bond donors (Lipinski definition) is 0. The maximum atomic E-state index is 9.96. The largest absolute Gasteiger partial charge is 0.398 e. The highest BCUT2D eigenvalue weighted by Gasteiger charge is 2.20. The van der Waals surface area contributed by atoms with Crippen LogP contribution in [0.2, 0.25) is 0 Å². The van der Waals surface area contributed by atoms with Crippen LogP contribution in [-0.4, -0.2) is 11.3 Å². The Bertz CT molecular complexity index is 209. The normalized spacial score (nSPS) is 16.1. The molecular formula is C3HBrN3O2. The highest BCUT2D eigenvalue weighted by molar-refractivity contribution is 9.11. The van der Waals surface area contributed by atoms with Crippen LogP contribution < -0.4 is 5.32 Å². The van der Waals surface area contributed by atoms with Crippen LogP contribution in [0.5, 0.6) is 0 Å². The molecule has 1 heterocycles. The molecule has 0 aromatic rings. The van der Waals surface area contributed by atoms with Crippen molar-refractivity contribution < 1.29 is 4.92 Å². The highest BCUT2D eigenvalue weighted by Crippen LogP contribution is 2.14. The summed E-state index contributed by atoms with van der Waals surface area (Å²) in [6.45, 7) is 0. The third-order valence-electron chi connectivity index (χ3n) is 0.709. The van der Waals surface area contributed by atoms with E-state index in [2.05, 4.69) is 26.2 Å². The van der Waals surface area contributed by atoms with Gasteiger partial charge in [-0.15, -0.1) is 0 Å². The molecular weight excluding hydrogens is 190 g/mol. The Hall–Kier alpha value is -0.910. The van der Waals surface area contributed by atoms with E-state index in [9.17, 15) is 10.1 Å². The zero-order chi connectivity index (χ0) is 6.85. The molecule has 1 radical (unpaired) electrons. The molecule has 6 heteroatoms. The number of nitrogens with zero attached hydrogens (tertiary/aromatic N) is 3. The van der Waals surface area contributed by atoms with Crippen LogP contribution in [0.3, 0.4) is 0 Å². The predicted molar refractivity (Wildman–Crippen MR) is 33.6 cm³/mol. The zero-order valence-corrected chi connectivity index (χ0v) is 5.70. The molecule has 0 spiro atoms. The average molecular weight is 191 g/mol. The van der Waals surface area contributed by atoms with Gasteiger partial charge < -0.3 is 10.1 Å². The second kappa shape index (κ2) is 2.14. The molecule has 0 N–H and O–H groups in total. The fourth-order valence-electron chi connectivity index (χ4n) is 0.368. The van der Waals surface area contributed by atoms with Gasteiger partial charge in [0.2, 0.25) is 10.9 Å². The number of aliphatic imine (C=N–C) groups is 1. The van der Waals surface area contributed by atoms with Gasteiger partial charge in [-0.1, -0.05) is 0 Å². The van der Waals surface area contributed by atoms with E-state index >= 15 is 0 Å². The fraction of sp³-hybridized carbons (Fsp3) is 0. The summed E-state index contributed by atoms with van der Waals surface area (Å²) in [5.41, 5.74) is 0. The van der Waals surface area contributed by atoms with Crippen LogP contribution in [0.15, 0.2) is 15.4 Å². The molecule has 47 valence electrons. The predicted octanol–water partition coefficient (Wildman–Crippen LogP) is 0.431. The molecule has 0 fully saturated rings. The minimum absolute atomic E-state index is 0.174. The van der Waals surface area contributed by atoms with Crippen LogP contribution in [0.4, 0.5) is 0 Å². The molecule has 1 aliphatic rings. The highest BCUT2D eigenvalue weighted by atomic mass is 79.9. The first kappa shape index (κ1) is 6.21. The van der Waals surface area contributed by atoms with E-state index in [1.54, 1.807) is 0 Å². The van der Waals surface area contributed by atoms with Crippen LogP contribution in [0.25, 0.3) is 0 Å².